The summed E-state index contributed by atoms with van der Waals surface area (Å²) in [4.78, 5) is 16.9. The van der Waals surface area contributed by atoms with Crippen molar-refractivity contribution in [3.8, 4) is 5.75 Å². The number of amides is 1. The number of fused-ring (bicyclic) bond motifs is 1. The molecule has 1 aromatic carbocycles. The van der Waals surface area contributed by atoms with Gasteiger partial charge >= 0.3 is 0 Å². The Hall–Kier alpha value is -3.00. The normalized spacial score (nSPS) is 18.3. The van der Waals surface area contributed by atoms with Crippen molar-refractivity contribution in [2.24, 2.45) is 0 Å². The number of ether oxygens (including phenoxy) is 2. The number of furan rings is 1. The predicted octanol–water partition coefficient (Wildman–Crippen LogP) is 3.48. The second-order valence-electron chi connectivity index (χ2n) is 6.60. The summed E-state index contributed by atoms with van der Waals surface area (Å²) in [6, 6.07) is 9.20. The van der Waals surface area contributed by atoms with Crippen LogP contribution in [0.3, 0.4) is 0 Å². The van der Waals surface area contributed by atoms with Crippen LogP contribution in [0.15, 0.2) is 47.0 Å². The highest BCUT2D eigenvalue weighted by molar-refractivity contribution is 6.07. The minimum Gasteiger partial charge on any atom is -0.487 e. The van der Waals surface area contributed by atoms with Crippen LogP contribution < -0.4 is 10.1 Å². The number of aryl methyl sites for hydroxylation is 1. The van der Waals surface area contributed by atoms with Gasteiger partial charge in [-0.3, -0.25) is 9.78 Å². The highest BCUT2D eigenvalue weighted by Gasteiger charge is 2.46. The Morgan fingerprint density at radius 3 is 2.93 bits per heavy atom. The zero-order valence-corrected chi connectivity index (χ0v) is 15.1. The molecule has 1 fully saturated rings. The molecule has 3 aromatic rings. The summed E-state index contributed by atoms with van der Waals surface area (Å²) in [5.41, 5.74) is 1.44. The zero-order valence-electron chi connectivity index (χ0n) is 15.1. The average Bonchev–Trinajstić information content (AvgIpc) is 3.18. The number of aromatic nitrogens is 1. The number of pyridine rings is 1. The van der Waals surface area contributed by atoms with E-state index in [2.05, 4.69) is 10.3 Å². The highest BCUT2D eigenvalue weighted by Crippen LogP contribution is 2.31. The number of hydrogen-bond donors (Lipinski definition) is 1. The lowest BCUT2D eigenvalue weighted by Gasteiger charge is -2.18. The first-order valence-electron chi connectivity index (χ1n) is 8.76. The maximum absolute atomic E-state index is 13.8. The average molecular weight is 388 g/mol. The molecule has 146 valence electrons. The number of halogens is 2. The smallest absolute Gasteiger partial charge is 0.292 e. The van der Waals surface area contributed by atoms with E-state index in [1.807, 2.05) is 18.2 Å². The molecule has 0 bridgehead atoms. The molecule has 1 saturated heterocycles. The molecule has 1 N–H and O–H groups in total. The van der Waals surface area contributed by atoms with Gasteiger partial charge in [-0.1, -0.05) is 6.07 Å². The van der Waals surface area contributed by atoms with Gasteiger partial charge in [0.1, 0.15) is 36.3 Å². The summed E-state index contributed by atoms with van der Waals surface area (Å²) < 4.78 is 43.7. The molecule has 1 amide bonds. The van der Waals surface area contributed by atoms with Gasteiger partial charge in [-0.2, -0.15) is 0 Å². The van der Waals surface area contributed by atoms with E-state index in [1.54, 1.807) is 31.3 Å². The molecule has 0 radical (unpaired) electrons. The number of alkyl halides is 2. The molecule has 0 spiro atoms. The first-order valence-corrected chi connectivity index (χ1v) is 8.76. The molecule has 1 unspecified atom stereocenters. The number of rotatable bonds is 5. The summed E-state index contributed by atoms with van der Waals surface area (Å²) in [6.45, 7) is 0.948. The molecule has 1 aliphatic heterocycles. The van der Waals surface area contributed by atoms with E-state index in [0.717, 1.165) is 5.69 Å². The molecule has 8 heteroatoms. The maximum Gasteiger partial charge on any atom is 0.292 e. The van der Waals surface area contributed by atoms with Gasteiger partial charge in [0.05, 0.1) is 17.9 Å². The van der Waals surface area contributed by atoms with Gasteiger partial charge in [0.25, 0.3) is 11.8 Å². The van der Waals surface area contributed by atoms with Gasteiger partial charge in [0.2, 0.25) is 0 Å². The maximum atomic E-state index is 13.8. The SMILES string of the molecule is Cc1oc2ccc(OCc3ccccn3)cc2c1C(=O)NC1COCC1(F)F. The first-order chi connectivity index (χ1) is 13.4. The molecule has 1 atom stereocenters. The monoisotopic (exact) mass is 388 g/mol. The van der Waals surface area contributed by atoms with Crippen LogP contribution in [0.2, 0.25) is 0 Å². The molecule has 4 rings (SSSR count). The van der Waals surface area contributed by atoms with Crippen LogP contribution in [0.1, 0.15) is 21.8 Å². The molecule has 1 aliphatic rings. The van der Waals surface area contributed by atoms with Crippen molar-refractivity contribution in [2.45, 2.75) is 25.5 Å². The van der Waals surface area contributed by atoms with Gasteiger partial charge in [-0.05, 0) is 37.3 Å². The lowest BCUT2D eigenvalue weighted by Crippen LogP contribution is -2.46. The van der Waals surface area contributed by atoms with E-state index in [1.165, 1.54) is 0 Å². The molecule has 0 aliphatic carbocycles. The number of carbonyl (C=O) groups excluding carboxylic acids is 1. The number of nitrogens with one attached hydrogen (secondary N) is 1. The van der Waals surface area contributed by atoms with Gasteiger partial charge in [-0.15, -0.1) is 0 Å². The van der Waals surface area contributed by atoms with Crippen LogP contribution in [0, 0.1) is 6.92 Å². The summed E-state index contributed by atoms with van der Waals surface area (Å²) in [7, 11) is 0. The fourth-order valence-electron chi connectivity index (χ4n) is 3.12. The Morgan fingerprint density at radius 1 is 1.36 bits per heavy atom. The third-order valence-electron chi connectivity index (χ3n) is 4.57. The molecular formula is C20H18F2N2O4. The Morgan fingerprint density at radius 2 is 2.21 bits per heavy atom. The number of hydrogen-bond acceptors (Lipinski definition) is 5. The zero-order chi connectivity index (χ0) is 19.7. The Labute approximate surface area is 159 Å². The van der Waals surface area contributed by atoms with Crippen LogP contribution in [0.25, 0.3) is 11.0 Å². The number of benzene rings is 1. The molecule has 3 heterocycles. The predicted molar refractivity (Wildman–Crippen MR) is 96.5 cm³/mol. The molecule has 2 aromatic heterocycles. The first kappa shape index (κ1) is 18.4. The Kier molecular flexibility index (Phi) is 4.72. The largest absolute Gasteiger partial charge is 0.487 e. The third kappa shape index (κ3) is 3.55. The van der Waals surface area contributed by atoms with Crippen LogP contribution in [0.4, 0.5) is 8.78 Å². The van der Waals surface area contributed by atoms with Gasteiger partial charge in [-0.25, -0.2) is 8.78 Å². The molecular weight excluding hydrogens is 370 g/mol. The number of nitrogens with zero attached hydrogens (tertiary/aromatic N) is 1. The van der Waals surface area contributed by atoms with Crippen molar-refractivity contribution in [3.05, 3.63) is 59.6 Å². The topological polar surface area (TPSA) is 73.6 Å². The quantitative estimate of drug-likeness (QED) is 0.725. The van der Waals surface area contributed by atoms with Crippen molar-refractivity contribution in [3.63, 3.8) is 0 Å². The highest BCUT2D eigenvalue weighted by atomic mass is 19.3. The third-order valence-corrected chi connectivity index (χ3v) is 4.57. The summed E-state index contributed by atoms with van der Waals surface area (Å²) in [6.07, 6.45) is 1.67. The lowest BCUT2D eigenvalue weighted by atomic mass is 10.1. The lowest BCUT2D eigenvalue weighted by molar-refractivity contribution is -0.0227. The molecule has 0 saturated carbocycles. The molecule has 6 nitrogen and oxygen atoms in total. The van der Waals surface area contributed by atoms with Gasteiger partial charge in [0, 0.05) is 11.6 Å². The van der Waals surface area contributed by atoms with E-state index < -0.39 is 24.5 Å². The Balaban J connectivity index is 1.57. The molecule has 28 heavy (non-hydrogen) atoms. The van der Waals surface area contributed by atoms with E-state index in [9.17, 15) is 13.6 Å². The van der Waals surface area contributed by atoms with Crippen molar-refractivity contribution >= 4 is 16.9 Å². The van der Waals surface area contributed by atoms with Crippen molar-refractivity contribution in [1.29, 1.82) is 0 Å². The van der Waals surface area contributed by atoms with E-state index in [4.69, 9.17) is 13.9 Å². The second-order valence-corrected chi connectivity index (χ2v) is 6.60. The van der Waals surface area contributed by atoms with E-state index in [0.29, 0.717) is 22.5 Å². The summed E-state index contributed by atoms with van der Waals surface area (Å²) in [5.74, 6) is -2.87. The van der Waals surface area contributed by atoms with Crippen molar-refractivity contribution < 1.29 is 27.5 Å². The summed E-state index contributed by atoms with van der Waals surface area (Å²) in [5, 5.41) is 2.85. The van der Waals surface area contributed by atoms with Crippen LogP contribution in [0.5, 0.6) is 5.75 Å². The fraction of sp³-hybridized carbons (Fsp3) is 0.300. The van der Waals surface area contributed by atoms with Crippen LogP contribution in [-0.2, 0) is 11.3 Å². The van der Waals surface area contributed by atoms with E-state index >= 15 is 0 Å². The van der Waals surface area contributed by atoms with E-state index in [-0.39, 0.29) is 18.8 Å². The fourth-order valence-corrected chi connectivity index (χ4v) is 3.12. The van der Waals surface area contributed by atoms with Crippen LogP contribution in [-0.4, -0.2) is 36.1 Å². The standard InChI is InChI=1S/C20H18F2N2O4/c1-12-18(19(25)24-17-10-26-11-20(17,21)22)15-8-14(5-6-16(15)28-12)27-9-13-4-2-3-7-23-13/h2-8,17H,9-11H2,1H3,(H,24,25). The van der Waals surface area contributed by atoms with Crippen molar-refractivity contribution in [1.82, 2.24) is 10.3 Å². The second kappa shape index (κ2) is 7.20. The van der Waals surface area contributed by atoms with Gasteiger partial charge in [0.15, 0.2) is 0 Å². The Bertz CT molecular complexity index is 1000. The van der Waals surface area contributed by atoms with Gasteiger partial charge < -0.3 is 19.2 Å². The van der Waals surface area contributed by atoms with Crippen molar-refractivity contribution in [2.75, 3.05) is 13.2 Å². The summed E-state index contributed by atoms with van der Waals surface area (Å²) >= 11 is 0. The minimum atomic E-state index is -3.10. The number of carbonyl (C=O) groups is 1. The van der Waals surface area contributed by atoms with Crippen LogP contribution >= 0.6 is 0 Å². The minimum absolute atomic E-state index is 0.209.